The van der Waals surface area contributed by atoms with Crippen molar-refractivity contribution in [2.45, 2.75) is 18.9 Å². The summed E-state index contributed by atoms with van der Waals surface area (Å²) >= 11 is 1.39. The third-order valence-electron chi connectivity index (χ3n) is 4.16. The Bertz CT molecular complexity index is 691. The highest BCUT2D eigenvalue weighted by atomic mass is 32.2. The molecule has 124 valence electrons. The van der Waals surface area contributed by atoms with Gasteiger partial charge in [0.1, 0.15) is 0 Å². The minimum absolute atomic E-state index is 0.0658. The summed E-state index contributed by atoms with van der Waals surface area (Å²) < 4.78 is 0. The summed E-state index contributed by atoms with van der Waals surface area (Å²) in [7, 11) is 0. The van der Waals surface area contributed by atoms with Gasteiger partial charge < -0.3 is 4.90 Å². The van der Waals surface area contributed by atoms with Crippen LogP contribution in [0.15, 0.2) is 54.7 Å². The summed E-state index contributed by atoms with van der Waals surface area (Å²) in [6.07, 6.45) is 3.72. The summed E-state index contributed by atoms with van der Waals surface area (Å²) in [5.41, 5.74) is 1.65. The van der Waals surface area contributed by atoms with Crippen molar-refractivity contribution in [3.05, 3.63) is 66.0 Å². The fourth-order valence-corrected chi connectivity index (χ4v) is 3.76. The van der Waals surface area contributed by atoms with Crippen molar-refractivity contribution in [2.75, 3.05) is 18.1 Å². The molecule has 1 fully saturated rings. The zero-order chi connectivity index (χ0) is 16.8. The monoisotopic (exact) mass is 340 g/mol. The van der Waals surface area contributed by atoms with Crippen molar-refractivity contribution in [1.29, 1.82) is 0 Å². The van der Waals surface area contributed by atoms with Gasteiger partial charge in [-0.05, 0) is 25.0 Å². The molecular formula is C19H20N2O2S. The van der Waals surface area contributed by atoms with Crippen LogP contribution >= 0.6 is 11.8 Å². The number of ketones is 1. The number of benzene rings is 1. The first-order chi connectivity index (χ1) is 11.8. The molecule has 4 nitrogen and oxygen atoms in total. The molecule has 0 N–H and O–H groups in total. The average molecular weight is 340 g/mol. The Hall–Kier alpha value is -2.14. The summed E-state index contributed by atoms with van der Waals surface area (Å²) in [5, 5.41) is 0. The molecule has 3 rings (SSSR count). The predicted molar refractivity (Wildman–Crippen MR) is 96.0 cm³/mol. The Morgan fingerprint density at radius 1 is 1.08 bits per heavy atom. The fraction of sp³-hybridized carbons (Fsp3) is 0.316. The number of aromatic nitrogens is 1. The third-order valence-corrected chi connectivity index (χ3v) is 5.07. The molecule has 0 aliphatic carbocycles. The Kier molecular flexibility index (Phi) is 5.64. The van der Waals surface area contributed by atoms with E-state index in [-0.39, 0.29) is 17.7 Å². The van der Waals surface area contributed by atoms with E-state index in [1.165, 1.54) is 11.8 Å². The van der Waals surface area contributed by atoms with Gasteiger partial charge in [0.05, 0.1) is 23.2 Å². The van der Waals surface area contributed by atoms with Crippen LogP contribution in [-0.4, -0.2) is 39.6 Å². The zero-order valence-electron chi connectivity index (χ0n) is 13.4. The normalized spacial score (nSPS) is 17.0. The van der Waals surface area contributed by atoms with Gasteiger partial charge in [0.15, 0.2) is 5.78 Å². The maximum absolute atomic E-state index is 12.5. The third kappa shape index (κ3) is 4.03. The van der Waals surface area contributed by atoms with E-state index in [1.54, 1.807) is 6.20 Å². The molecule has 5 heteroatoms. The highest BCUT2D eigenvalue weighted by Crippen LogP contribution is 2.31. The van der Waals surface area contributed by atoms with Crippen LogP contribution in [0.5, 0.6) is 0 Å². The van der Waals surface area contributed by atoms with Crippen LogP contribution in [0.3, 0.4) is 0 Å². The fourth-order valence-electron chi connectivity index (χ4n) is 2.97. The van der Waals surface area contributed by atoms with Crippen LogP contribution in [0.1, 0.15) is 34.9 Å². The number of hydrogen-bond acceptors (Lipinski definition) is 4. The Morgan fingerprint density at radius 2 is 1.88 bits per heavy atom. The average Bonchev–Trinajstić information content (AvgIpc) is 3.13. The summed E-state index contributed by atoms with van der Waals surface area (Å²) in [6.45, 7) is 0.771. The van der Waals surface area contributed by atoms with Gasteiger partial charge in [0.2, 0.25) is 5.91 Å². The molecule has 24 heavy (non-hydrogen) atoms. The molecule has 0 radical (unpaired) electrons. The Balaban J connectivity index is 1.52. The first-order valence-corrected chi connectivity index (χ1v) is 9.27. The molecule has 0 spiro atoms. The van der Waals surface area contributed by atoms with Gasteiger partial charge in [0, 0.05) is 18.3 Å². The molecular weight excluding hydrogens is 320 g/mol. The van der Waals surface area contributed by atoms with E-state index in [4.69, 9.17) is 0 Å². The number of Topliss-reactive ketones (excluding diaryl/α,β-unsaturated/α-hetero) is 1. The van der Waals surface area contributed by atoms with Gasteiger partial charge >= 0.3 is 0 Å². The van der Waals surface area contributed by atoms with Gasteiger partial charge in [-0.15, -0.1) is 11.8 Å². The lowest BCUT2D eigenvalue weighted by Crippen LogP contribution is -2.32. The second kappa shape index (κ2) is 8.11. The molecule has 2 aromatic rings. The zero-order valence-corrected chi connectivity index (χ0v) is 14.2. The molecule has 1 aliphatic rings. The minimum Gasteiger partial charge on any atom is -0.333 e. The van der Waals surface area contributed by atoms with E-state index in [0.29, 0.717) is 17.1 Å². The number of thioether (sulfide) groups is 1. The lowest BCUT2D eigenvalue weighted by Gasteiger charge is -2.24. The second-order valence-electron chi connectivity index (χ2n) is 5.78. The predicted octanol–water partition coefficient (Wildman–Crippen LogP) is 3.36. The van der Waals surface area contributed by atoms with Crippen LogP contribution in [-0.2, 0) is 4.79 Å². The number of hydrogen-bond donors (Lipinski definition) is 0. The van der Waals surface area contributed by atoms with Crippen LogP contribution in [0.4, 0.5) is 0 Å². The number of rotatable bonds is 6. The Morgan fingerprint density at radius 3 is 2.62 bits per heavy atom. The van der Waals surface area contributed by atoms with Gasteiger partial charge in [-0.25, -0.2) is 0 Å². The van der Waals surface area contributed by atoms with Gasteiger partial charge in [0.25, 0.3) is 0 Å². The largest absolute Gasteiger partial charge is 0.333 e. The molecule has 1 atom stereocenters. The maximum atomic E-state index is 12.5. The highest BCUT2D eigenvalue weighted by Gasteiger charge is 2.30. The van der Waals surface area contributed by atoms with Crippen molar-refractivity contribution < 1.29 is 9.59 Å². The number of carbonyl (C=O) groups excluding carboxylic acids is 2. The van der Waals surface area contributed by atoms with Crippen LogP contribution in [0, 0.1) is 0 Å². The molecule has 2 heterocycles. The van der Waals surface area contributed by atoms with Crippen molar-refractivity contribution >= 4 is 23.5 Å². The van der Waals surface area contributed by atoms with Gasteiger partial charge in [-0.3, -0.25) is 14.6 Å². The minimum atomic E-state index is 0.0658. The number of amides is 1. The van der Waals surface area contributed by atoms with Crippen molar-refractivity contribution in [3.63, 3.8) is 0 Å². The van der Waals surface area contributed by atoms with E-state index in [2.05, 4.69) is 4.98 Å². The standard InChI is InChI=1S/C19H20N2O2S/c22-18(15-7-2-1-3-8-15)13-24-14-19(23)21-12-6-10-17(21)16-9-4-5-11-20-16/h1-5,7-9,11,17H,6,10,12-14H2/t17-/m1/s1. The van der Waals surface area contributed by atoms with E-state index in [9.17, 15) is 9.59 Å². The highest BCUT2D eigenvalue weighted by molar-refractivity contribution is 8.00. The van der Waals surface area contributed by atoms with Gasteiger partial charge in [-0.1, -0.05) is 36.4 Å². The lowest BCUT2D eigenvalue weighted by atomic mass is 10.1. The van der Waals surface area contributed by atoms with E-state index in [1.807, 2.05) is 53.4 Å². The molecule has 1 aromatic heterocycles. The SMILES string of the molecule is O=C(CSCC(=O)N1CCC[C@@H]1c1ccccn1)c1ccccc1. The first-order valence-electron chi connectivity index (χ1n) is 8.12. The van der Waals surface area contributed by atoms with Crippen LogP contribution in [0.2, 0.25) is 0 Å². The first kappa shape index (κ1) is 16.7. The molecule has 1 aliphatic heterocycles. The number of pyridine rings is 1. The van der Waals surface area contributed by atoms with E-state index >= 15 is 0 Å². The van der Waals surface area contributed by atoms with Crippen LogP contribution in [0.25, 0.3) is 0 Å². The van der Waals surface area contributed by atoms with Crippen molar-refractivity contribution in [3.8, 4) is 0 Å². The number of carbonyl (C=O) groups is 2. The van der Waals surface area contributed by atoms with Crippen molar-refractivity contribution in [2.24, 2.45) is 0 Å². The molecule has 0 unspecified atom stereocenters. The van der Waals surface area contributed by atoms with E-state index < -0.39 is 0 Å². The summed E-state index contributed by atoms with van der Waals surface area (Å²) in [6, 6.07) is 15.1. The molecule has 0 saturated carbocycles. The smallest absolute Gasteiger partial charge is 0.233 e. The van der Waals surface area contributed by atoms with Gasteiger partial charge in [-0.2, -0.15) is 0 Å². The molecule has 1 aromatic carbocycles. The van der Waals surface area contributed by atoms with E-state index in [0.717, 1.165) is 25.1 Å². The molecule has 1 saturated heterocycles. The second-order valence-corrected chi connectivity index (χ2v) is 6.77. The molecule has 1 amide bonds. The molecule has 0 bridgehead atoms. The van der Waals surface area contributed by atoms with Crippen molar-refractivity contribution in [1.82, 2.24) is 9.88 Å². The number of likely N-dealkylation sites (tertiary alicyclic amines) is 1. The lowest BCUT2D eigenvalue weighted by molar-refractivity contribution is -0.129. The maximum Gasteiger partial charge on any atom is 0.233 e. The summed E-state index contributed by atoms with van der Waals surface area (Å²) in [4.78, 5) is 30.9. The summed E-state index contributed by atoms with van der Waals surface area (Å²) in [5.74, 6) is 0.824. The topological polar surface area (TPSA) is 50.3 Å². The van der Waals surface area contributed by atoms with Crippen LogP contribution < -0.4 is 0 Å². The number of nitrogens with zero attached hydrogens (tertiary/aromatic N) is 2. The quantitative estimate of drug-likeness (QED) is 0.757. The Labute approximate surface area is 146 Å².